The molecule has 0 spiro atoms. The second-order valence-corrected chi connectivity index (χ2v) is 5.33. The lowest BCUT2D eigenvalue weighted by Gasteiger charge is -2.30. The quantitative estimate of drug-likeness (QED) is 0.786. The molecule has 1 aliphatic rings. The van der Waals surface area contributed by atoms with Crippen LogP contribution in [0.2, 0.25) is 0 Å². The maximum Gasteiger partial charge on any atom is 0.138 e. The minimum atomic E-state index is 1.06. The van der Waals surface area contributed by atoms with E-state index in [1.807, 2.05) is 0 Å². The van der Waals surface area contributed by atoms with Gasteiger partial charge >= 0.3 is 0 Å². The first-order valence-corrected chi connectivity index (χ1v) is 7.07. The molecule has 0 atom stereocenters. The van der Waals surface area contributed by atoms with Gasteiger partial charge in [-0.25, -0.2) is 9.67 Å². The van der Waals surface area contributed by atoms with Gasteiger partial charge in [-0.15, -0.1) is 0 Å². The van der Waals surface area contributed by atoms with Crippen molar-refractivity contribution >= 4 is 10.9 Å². The van der Waals surface area contributed by atoms with Crippen LogP contribution < -0.4 is 0 Å². The number of H-pyrrole nitrogens is 1. The predicted molar refractivity (Wildman–Crippen MR) is 78.0 cm³/mol. The fourth-order valence-corrected chi connectivity index (χ4v) is 2.74. The predicted octanol–water partition coefficient (Wildman–Crippen LogP) is 2.00. The van der Waals surface area contributed by atoms with Gasteiger partial charge in [0.25, 0.3) is 0 Å². The minimum Gasteiger partial charge on any atom is -0.361 e. The lowest BCUT2D eigenvalue weighted by molar-refractivity contribution is 0.184. The Morgan fingerprint density at radius 2 is 2.20 bits per heavy atom. The third-order valence-corrected chi connectivity index (χ3v) is 4.08. The topological polar surface area (TPSA) is 49.7 Å². The van der Waals surface area contributed by atoms with Crippen LogP contribution in [0.3, 0.4) is 0 Å². The highest BCUT2D eigenvalue weighted by Crippen LogP contribution is 2.22. The molecule has 2 aromatic heterocycles. The Morgan fingerprint density at radius 1 is 1.25 bits per heavy atom. The first-order valence-electron chi connectivity index (χ1n) is 7.07. The molecular weight excluding hydrogens is 250 g/mol. The molecule has 20 heavy (non-hydrogen) atoms. The largest absolute Gasteiger partial charge is 0.361 e. The third-order valence-electron chi connectivity index (χ3n) is 4.08. The maximum absolute atomic E-state index is 4.19. The maximum atomic E-state index is 4.19. The molecule has 0 amide bonds. The summed E-state index contributed by atoms with van der Waals surface area (Å²) in [6.45, 7) is 3.67. The van der Waals surface area contributed by atoms with Crippen LogP contribution in [0.15, 0.2) is 37.1 Å². The van der Waals surface area contributed by atoms with E-state index in [9.17, 15) is 0 Å². The van der Waals surface area contributed by atoms with Crippen LogP contribution in [0.4, 0.5) is 0 Å². The summed E-state index contributed by atoms with van der Waals surface area (Å²) in [5, 5.41) is 5.48. The van der Waals surface area contributed by atoms with Crippen LogP contribution in [0.1, 0.15) is 12.0 Å². The number of hydrogen-bond acceptors (Lipinski definition) is 3. The summed E-state index contributed by atoms with van der Waals surface area (Å²) in [7, 11) is 0. The summed E-state index contributed by atoms with van der Waals surface area (Å²) in [4.78, 5) is 9.86. The van der Waals surface area contributed by atoms with E-state index in [1.54, 1.807) is 17.3 Å². The molecule has 0 aliphatic carbocycles. The molecule has 0 bridgehead atoms. The molecule has 3 aromatic rings. The van der Waals surface area contributed by atoms with Crippen molar-refractivity contribution in [1.29, 1.82) is 0 Å². The summed E-state index contributed by atoms with van der Waals surface area (Å²) >= 11 is 0. The molecule has 102 valence electrons. The van der Waals surface area contributed by atoms with E-state index in [-0.39, 0.29) is 0 Å². The van der Waals surface area contributed by atoms with Gasteiger partial charge in [0.1, 0.15) is 12.7 Å². The SMILES string of the molecule is c1ncn(-c2ccc3[nH]cc(CCN4CCC4)c3c2)n1. The van der Waals surface area contributed by atoms with E-state index in [0.717, 1.165) is 18.7 Å². The fourth-order valence-electron chi connectivity index (χ4n) is 2.74. The minimum absolute atomic E-state index is 1.06. The van der Waals surface area contributed by atoms with Gasteiger partial charge in [0.2, 0.25) is 0 Å². The molecule has 0 unspecified atom stereocenters. The molecule has 5 heteroatoms. The first-order chi connectivity index (χ1) is 9.90. The summed E-state index contributed by atoms with van der Waals surface area (Å²) in [6, 6.07) is 6.36. The van der Waals surface area contributed by atoms with Crippen LogP contribution in [-0.4, -0.2) is 44.3 Å². The number of hydrogen-bond donors (Lipinski definition) is 1. The van der Waals surface area contributed by atoms with Gasteiger partial charge in [-0.05, 0) is 49.7 Å². The van der Waals surface area contributed by atoms with E-state index < -0.39 is 0 Å². The van der Waals surface area contributed by atoms with Gasteiger partial charge in [0.05, 0.1) is 5.69 Å². The molecule has 1 saturated heterocycles. The highest BCUT2D eigenvalue weighted by molar-refractivity contribution is 5.85. The van der Waals surface area contributed by atoms with E-state index in [1.165, 1.54) is 36.0 Å². The van der Waals surface area contributed by atoms with Crippen molar-refractivity contribution in [3.05, 3.63) is 42.6 Å². The molecule has 1 fully saturated rings. The Morgan fingerprint density at radius 3 is 2.95 bits per heavy atom. The van der Waals surface area contributed by atoms with E-state index in [4.69, 9.17) is 0 Å². The molecule has 3 heterocycles. The number of aromatic amines is 1. The van der Waals surface area contributed by atoms with E-state index in [0.29, 0.717) is 0 Å². The standard InChI is InChI=1S/C15H17N5/c1-5-19(6-1)7-4-12-9-17-15-3-2-13(8-14(12)15)20-11-16-10-18-20/h2-3,8-11,17H,1,4-7H2. The summed E-state index contributed by atoms with van der Waals surface area (Å²) < 4.78 is 1.80. The van der Waals surface area contributed by atoms with Crippen molar-refractivity contribution in [3.8, 4) is 5.69 Å². The highest BCUT2D eigenvalue weighted by Gasteiger charge is 2.14. The van der Waals surface area contributed by atoms with Gasteiger partial charge in [-0.1, -0.05) is 0 Å². The van der Waals surface area contributed by atoms with Crippen LogP contribution in [0.25, 0.3) is 16.6 Å². The van der Waals surface area contributed by atoms with Crippen LogP contribution in [-0.2, 0) is 6.42 Å². The number of benzene rings is 1. The highest BCUT2D eigenvalue weighted by atomic mass is 15.3. The lowest BCUT2D eigenvalue weighted by Crippen LogP contribution is -2.38. The number of likely N-dealkylation sites (tertiary alicyclic amines) is 1. The Kier molecular flexibility index (Phi) is 2.77. The van der Waals surface area contributed by atoms with Gasteiger partial charge in [0, 0.05) is 23.6 Å². The average Bonchev–Trinajstić information content (AvgIpc) is 3.05. The molecule has 1 N–H and O–H groups in total. The van der Waals surface area contributed by atoms with Crippen molar-refractivity contribution in [2.45, 2.75) is 12.8 Å². The molecule has 1 aliphatic heterocycles. The zero-order valence-corrected chi connectivity index (χ0v) is 11.3. The Labute approximate surface area is 117 Å². The number of nitrogens with zero attached hydrogens (tertiary/aromatic N) is 4. The van der Waals surface area contributed by atoms with Crippen molar-refractivity contribution in [1.82, 2.24) is 24.6 Å². The van der Waals surface area contributed by atoms with Gasteiger partial charge < -0.3 is 9.88 Å². The van der Waals surface area contributed by atoms with Crippen molar-refractivity contribution < 1.29 is 0 Å². The Bertz CT molecular complexity index is 709. The average molecular weight is 267 g/mol. The normalized spacial score (nSPS) is 15.6. The second kappa shape index (κ2) is 4.76. The number of fused-ring (bicyclic) bond motifs is 1. The fraction of sp³-hybridized carbons (Fsp3) is 0.333. The summed E-state index contributed by atoms with van der Waals surface area (Å²) in [5.74, 6) is 0. The Hall–Kier alpha value is -2.14. The zero-order chi connectivity index (χ0) is 13.4. The summed E-state index contributed by atoms with van der Waals surface area (Å²) in [6.07, 6.45) is 7.88. The van der Waals surface area contributed by atoms with E-state index in [2.05, 4.69) is 44.4 Å². The smallest absolute Gasteiger partial charge is 0.138 e. The monoisotopic (exact) mass is 267 g/mol. The molecule has 1 aromatic carbocycles. The van der Waals surface area contributed by atoms with Crippen molar-refractivity contribution in [3.63, 3.8) is 0 Å². The molecule has 0 radical (unpaired) electrons. The van der Waals surface area contributed by atoms with Crippen LogP contribution in [0, 0.1) is 0 Å². The molecule has 4 rings (SSSR count). The Balaban J connectivity index is 1.65. The molecule has 5 nitrogen and oxygen atoms in total. The zero-order valence-electron chi connectivity index (χ0n) is 11.3. The third kappa shape index (κ3) is 2.00. The second-order valence-electron chi connectivity index (χ2n) is 5.33. The van der Waals surface area contributed by atoms with Crippen molar-refractivity contribution in [2.24, 2.45) is 0 Å². The van der Waals surface area contributed by atoms with E-state index >= 15 is 0 Å². The van der Waals surface area contributed by atoms with Gasteiger partial charge in [-0.3, -0.25) is 0 Å². The molecular formula is C15H17N5. The number of aromatic nitrogens is 4. The van der Waals surface area contributed by atoms with Gasteiger partial charge in [-0.2, -0.15) is 5.10 Å². The first kappa shape index (κ1) is 11.7. The van der Waals surface area contributed by atoms with Crippen LogP contribution in [0.5, 0.6) is 0 Å². The van der Waals surface area contributed by atoms with Crippen LogP contribution >= 0.6 is 0 Å². The van der Waals surface area contributed by atoms with Crippen molar-refractivity contribution in [2.75, 3.05) is 19.6 Å². The van der Waals surface area contributed by atoms with Gasteiger partial charge in [0.15, 0.2) is 0 Å². The number of rotatable bonds is 4. The number of nitrogens with one attached hydrogen (secondary N) is 1. The lowest BCUT2D eigenvalue weighted by atomic mass is 10.1. The molecule has 0 saturated carbocycles. The summed E-state index contributed by atoms with van der Waals surface area (Å²) in [5.41, 5.74) is 3.63.